The first kappa shape index (κ1) is 32.6. The topological polar surface area (TPSA) is 58.8 Å². The fraction of sp³-hybridized carbons (Fsp3) is 0.606. The van der Waals surface area contributed by atoms with Gasteiger partial charge in [-0.15, -0.1) is 11.3 Å². The lowest BCUT2D eigenvalue weighted by molar-refractivity contribution is 0.0356. The van der Waals surface area contributed by atoms with Gasteiger partial charge in [-0.05, 0) is 60.1 Å². The Bertz CT molecular complexity index is 1290. The minimum absolute atomic E-state index is 0.336. The molecule has 0 atom stereocenters. The number of nitrogens with zero attached hydrogens (tertiary/aromatic N) is 3. The third-order valence-corrected chi connectivity index (χ3v) is 10.7. The molecule has 3 aromatic rings. The Hall–Kier alpha value is -1.87. The molecule has 0 fully saturated rings. The molecule has 2 aromatic heterocycles. The first-order valence-electron chi connectivity index (χ1n) is 14.8. The predicted octanol–water partition coefficient (Wildman–Crippen LogP) is 11.3. The molecule has 0 aliphatic heterocycles. The van der Waals surface area contributed by atoms with Crippen molar-refractivity contribution in [2.24, 2.45) is 23.2 Å². The molecule has 0 bridgehead atoms. The highest BCUT2D eigenvalue weighted by Gasteiger charge is 2.39. The number of unbranched alkanes of at least 4 members (excludes halogenated alkanes) is 6. The van der Waals surface area contributed by atoms with E-state index in [4.69, 9.17) is 27.9 Å². The number of rotatable bonds is 15. The van der Waals surface area contributed by atoms with Gasteiger partial charge in [0.15, 0.2) is 0 Å². The largest absolute Gasteiger partial charge is 0.492 e. The highest BCUT2D eigenvalue weighted by Crippen LogP contribution is 2.47. The molecular formula is C33H45Cl2N3OS. The Morgan fingerprint density at radius 3 is 2.10 bits per heavy atom. The summed E-state index contributed by atoms with van der Waals surface area (Å²) in [6.07, 6.45) is 11.4. The van der Waals surface area contributed by atoms with Crippen molar-refractivity contribution in [3.8, 4) is 22.9 Å². The number of benzene rings is 1. The van der Waals surface area contributed by atoms with Crippen LogP contribution in [0, 0.1) is 41.4 Å². The molecule has 0 aliphatic carbocycles. The molecule has 2 heterocycles. The maximum absolute atomic E-state index is 9.74. The molecule has 0 saturated heterocycles. The molecule has 0 saturated carbocycles. The van der Waals surface area contributed by atoms with Crippen LogP contribution in [-0.2, 0) is 0 Å². The molecule has 4 nitrogen and oxygen atoms in total. The van der Waals surface area contributed by atoms with Crippen molar-refractivity contribution in [3.05, 3.63) is 39.1 Å². The molecule has 3 rings (SSSR count). The third kappa shape index (κ3) is 7.12. The maximum Gasteiger partial charge on any atom is 0.141 e. The molecule has 7 heteroatoms. The van der Waals surface area contributed by atoms with Crippen LogP contribution in [-0.4, -0.2) is 16.6 Å². The Kier molecular flexibility index (Phi) is 12.1. The summed E-state index contributed by atoms with van der Waals surface area (Å²) in [5.41, 5.74) is 2.89. The summed E-state index contributed by atoms with van der Waals surface area (Å²) in [6, 6.07) is 6.12. The first-order chi connectivity index (χ1) is 19.1. The van der Waals surface area contributed by atoms with Crippen molar-refractivity contribution >= 4 is 44.8 Å². The van der Waals surface area contributed by atoms with Crippen LogP contribution in [0.15, 0.2) is 18.5 Å². The Labute approximate surface area is 255 Å². The van der Waals surface area contributed by atoms with Gasteiger partial charge >= 0.3 is 0 Å². The van der Waals surface area contributed by atoms with E-state index in [1.165, 1.54) is 56.2 Å². The fourth-order valence-electron chi connectivity index (χ4n) is 6.74. The molecule has 0 amide bonds. The zero-order chi connectivity index (χ0) is 29.4. The van der Waals surface area contributed by atoms with Gasteiger partial charge in [-0.3, -0.25) is 0 Å². The average Bonchev–Trinajstić information content (AvgIpc) is 3.29. The Balaban J connectivity index is 1.46. The zero-order valence-corrected chi connectivity index (χ0v) is 27.6. The van der Waals surface area contributed by atoms with E-state index in [9.17, 15) is 5.26 Å². The number of halogens is 2. The minimum Gasteiger partial charge on any atom is -0.492 e. The lowest BCUT2D eigenvalue weighted by Crippen LogP contribution is -2.38. The molecule has 0 unspecified atom stereocenters. The smallest absolute Gasteiger partial charge is 0.141 e. The summed E-state index contributed by atoms with van der Waals surface area (Å²) >= 11 is 14.4. The van der Waals surface area contributed by atoms with E-state index < -0.39 is 0 Å². The molecule has 0 aliphatic rings. The van der Waals surface area contributed by atoms with Gasteiger partial charge in [0.1, 0.15) is 33.0 Å². The number of hydrogen-bond acceptors (Lipinski definition) is 5. The summed E-state index contributed by atoms with van der Waals surface area (Å²) in [6.45, 7) is 17.0. The van der Waals surface area contributed by atoms with Gasteiger partial charge in [0.05, 0.1) is 17.0 Å². The highest BCUT2D eigenvalue weighted by atomic mass is 35.5. The summed E-state index contributed by atoms with van der Waals surface area (Å²) in [4.78, 5) is 9.65. The van der Waals surface area contributed by atoms with Crippen molar-refractivity contribution in [2.45, 2.75) is 99.8 Å². The number of ether oxygens (including phenoxy) is 1. The fourth-order valence-corrected chi connectivity index (χ4v) is 8.20. The first-order valence-corrected chi connectivity index (χ1v) is 16.4. The number of aromatic nitrogens is 2. The van der Waals surface area contributed by atoms with Gasteiger partial charge in [0.25, 0.3) is 0 Å². The van der Waals surface area contributed by atoms with E-state index in [0.717, 1.165) is 47.3 Å². The average molecular weight is 603 g/mol. The van der Waals surface area contributed by atoms with Gasteiger partial charge < -0.3 is 4.74 Å². The lowest BCUT2D eigenvalue weighted by Gasteiger charge is -2.45. The lowest BCUT2D eigenvalue weighted by atomic mass is 9.60. The van der Waals surface area contributed by atoms with Crippen molar-refractivity contribution in [2.75, 3.05) is 6.61 Å². The standard InChI is InChI=1S/C33H45Cl2N3OS/c1-21(2)33(22(3)4,23(5)6)17-13-11-9-8-10-12-14-18-39-26-16-15-25(24(7)30(26)34)28-27(19-36)40-32-29(28)31(35)37-20-38-32/h15-16,20-23H,8-14,17-18H2,1-7H3. The molecule has 40 heavy (non-hydrogen) atoms. The van der Waals surface area contributed by atoms with Gasteiger partial charge in [-0.1, -0.05) is 109 Å². The molecular weight excluding hydrogens is 557 g/mol. The van der Waals surface area contributed by atoms with Crippen molar-refractivity contribution in [1.82, 2.24) is 9.97 Å². The van der Waals surface area contributed by atoms with E-state index in [0.29, 0.717) is 43.0 Å². The summed E-state index contributed by atoms with van der Waals surface area (Å²) in [5, 5.41) is 11.3. The zero-order valence-electron chi connectivity index (χ0n) is 25.2. The van der Waals surface area contributed by atoms with Gasteiger partial charge in [0, 0.05) is 5.56 Å². The second-order valence-corrected chi connectivity index (χ2v) is 13.7. The number of thiophene rings is 1. The van der Waals surface area contributed by atoms with E-state index >= 15 is 0 Å². The van der Waals surface area contributed by atoms with Crippen LogP contribution in [0.1, 0.15) is 103 Å². The van der Waals surface area contributed by atoms with Gasteiger partial charge in [-0.25, -0.2) is 9.97 Å². The molecule has 0 radical (unpaired) electrons. The van der Waals surface area contributed by atoms with E-state index in [1.54, 1.807) is 0 Å². The maximum atomic E-state index is 9.74. The second kappa shape index (κ2) is 14.9. The molecule has 218 valence electrons. The van der Waals surface area contributed by atoms with Crippen LogP contribution in [0.2, 0.25) is 10.2 Å². The van der Waals surface area contributed by atoms with Crippen molar-refractivity contribution in [1.29, 1.82) is 5.26 Å². The predicted molar refractivity (Wildman–Crippen MR) is 172 cm³/mol. The molecule has 0 spiro atoms. The van der Waals surface area contributed by atoms with Gasteiger partial charge in [0.2, 0.25) is 0 Å². The van der Waals surface area contributed by atoms with Crippen LogP contribution in [0.25, 0.3) is 21.3 Å². The quantitative estimate of drug-likeness (QED) is 0.128. The Morgan fingerprint density at radius 2 is 1.50 bits per heavy atom. The van der Waals surface area contributed by atoms with Crippen LogP contribution < -0.4 is 4.74 Å². The van der Waals surface area contributed by atoms with E-state index in [-0.39, 0.29) is 0 Å². The number of nitriles is 1. The van der Waals surface area contributed by atoms with Crippen molar-refractivity contribution < 1.29 is 4.74 Å². The third-order valence-electron chi connectivity index (χ3n) is 8.90. The monoisotopic (exact) mass is 601 g/mol. The second-order valence-electron chi connectivity index (χ2n) is 12.0. The molecule has 1 aromatic carbocycles. The minimum atomic E-state index is 0.336. The van der Waals surface area contributed by atoms with E-state index in [2.05, 4.69) is 57.6 Å². The van der Waals surface area contributed by atoms with Crippen LogP contribution >= 0.6 is 34.5 Å². The summed E-state index contributed by atoms with van der Waals surface area (Å²) in [7, 11) is 0. The van der Waals surface area contributed by atoms with E-state index in [1.807, 2.05) is 19.1 Å². The number of fused-ring (bicyclic) bond motifs is 1. The summed E-state index contributed by atoms with van der Waals surface area (Å²) in [5.74, 6) is 2.84. The SMILES string of the molecule is Cc1c(-c2c(C#N)sc3ncnc(Cl)c23)ccc(OCCCCCCCCCC(C(C)C)(C(C)C)C(C)C)c1Cl. The highest BCUT2D eigenvalue weighted by molar-refractivity contribution is 7.19. The van der Waals surface area contributed by atoms with Crippen LogP contribution in [0.4, 0.5) is 0 Å². The normalized spacial score (nSPS) is 12.2. The van der Waals surface area contributed by atoms with Crippen LogP contribution in [0.3, 0.4) is 0 Å². The van der Waals surface area contributed by atoms with Gasteiger partial charge in [-0.2, -0.15) is 5.26 Å². The molecule has 0 N–H and O–H groups in total. The Morgan fingerprint density at radius 1 is 0.900 bits per heavy atom. The summed E-state index contributed by atoms with van der Waals surface area (Å²) < 4.78 is 6.06. The number of hydrogen-bond donors (Lipinski definition) is 0. The van der Waals surface area contributed by atoms with Crippen molar-refractivity contribution in [3.63, 3.8) is 0 Å². The van der Waals surface area contributed by atoms with Crippen LogP contribution in [0.5, 0.6) is 5.75 Å².